The number of carbonyl (C=O) groups is 1. The maximum Gasteiger partial charge on any atom is 0.471 e. The molecule has 7 nitrogen and oxygen atoms in total. The van der Waals surface area contributed by atoms with Crippen LogP contribution in [0, 0.1) is 0 Å². The monoisotopic (exact) mass is 275 g/mol. The number of aliphatic hydroxyl groups excluding tert-OH is 4. The van der Waals surface area contributed by atoms with Gasteiger partial charge in [-0.1, -0.05) is 0 Å². The Bertz CT molecular complexity index is 312. The fourth-order valence-electron chi connectivity index (χ4n) is 1.49. The summed E-state index contributed by atoms with van der Waals surface area (Å²) in [6.07, 6.45) is -12.2. The number of hydrogen-bond acceptors (Lipinski definition) is 6. The zero-order valence-corrected chi connectivity index (χ0v) is 8.83. The quantitative estimate of drug-likeness (QED) is 0.379. The van der Waals surface area contributed by atoms with Crippen LogP contribution < -0.4 is 5.32 Å². The average Bonchev–Trinajstić information content (AvgIpc) is 2.27. The van der Waals surface area contributed by atoms with Crippen LogP contribution in [0.15, 0.2) is 0 Å². The molecule has 0 aromatic heterocycles. The summed E-state index contributed by atoms with van der Waals surface area (Å²) < 4.78 is 40.5. The third-order valence-corrected chi connectivity index (χ3v) is 2.46. The molecule has 10 heteroatoms. The van der Waals surface area contributed by atoms with Gasteiger partial charge in [-0.25, -0.2) is 0 Å². The van der Waals surface area contributed by atoms with Gasteiger partial charge in [0, 0.05) is 0 Å². The second kappa shape index (κ2) is 5.36. The van der Waals surface area contributed by atoms with Crippen LogP contribution >= 0.6 is 0 Å². The minimum absolute atomic E-state index is 0.755. The van der Waals surface area contributed by atoms with E-state index >= 15 is 0 Å². The minimum Gasteiger partial charge on any atom is -0.394 e. The summed E-state index contributed by atoms with van der Waals surface area (Å²) in [4.78, 5) is 10.6. The zero-order valence-electron chi connectivity index (χ0n) is 8.83. The molecule has 1 saturated heterocycles. The Morgan fingerprint density at radius 3 is 2.22 bits per heavy atom. The van der Waals surface area contributed by atoms with Gasteiger partial charge in [0.2, 0.25) is 0 Å². The lowest BCUT2D eigenvalue weighted by Crippen LogP contribution is -2.65. The molecule has 5 N–H and O–H groups in total. The minimum atomic E-state index is -5.20. The van der Waals surface area contributed by atoms with Crippen LogP contribution in [-0.4, -0.2) is 69.8 Å². The highest BCUT2D eigenvalue weighted by molar-refractivity contribution is 5.82. The largest absolute Gasteiger partial charge is 0.471 e. The van der Waals surface area contributed by atoms with Crippen molar-refractivity contribution in [2.45, 2.75) is 36.8 Å². The van der Waals surface area contributed by atoms with E-state index in [1.807, 2.05) is 0 Å². The Labute approximate surface area is 98.8 Å². The van der Waals surface area contributed by atoms with Crippen molar-refractivity contribution in [1.82, 2.24) is 5.32 Å². The number of ether oxygens (including phenoxy) is 1. The molecule has 0 spiro atoms. The highest BCUT2D eigenvalue weighted by Gasteiger charge is 2.48. The molecule has 1 heterocycles. The number of rotatable bonds is 2. The molecule has 0 aliphatic carbocycles. The second-order valence-electron chi connectivity index (χ2n) is 3.73. The lowest BCUT2D eigenvalue weighted by molar-refractivity contribution is -0.256. The van der Waals surface area contributed by atoms with Gasteiger partial charge in [-0.05, 0) is 0 Å². The molecule has 1 unspecified atom stereocenters. The second-order valence-corrected chi connectivity index (χ2v) is 3.73. The molecule has 0 bridgehead atoms. The van der Waals surface area contributed by atoms with Gasteiger partial charge in [0.05, 0.1) is 6.61 Å². The van der Waals surface area contributed by atoms with Crippen molar-refractivity contribution in [1.29, 1.82) is 0 Å². The Morgan fingerprint density at radius 1 is 1.22 bits per heavy atom. The third-order valence-electron chi connectivity index (χ3n) is 2.46. The number of amides is 1. The van der Waals surface area contributed by atoms with Gasteiger partial charge >= 0.3 is 12.1 Å². The van der Waals surface area contributed by atoms with E-state index < -0.39 is 49.3 Å². The first kappa shape index (κ1) is 15.1. The Balaban J connectivity index is 2.74. The van der Waals surface area contributed by atoms with E-state index in [4.69, 9.17) is 5.11 Å². The standard InChI is InChI=1S/C8H12F3NO6/c9-8(10,11)7(17)12-3-5(15)4(14)2(1-13)18-6(3)16/h2-6,13-16H,1H2,(H,12,17)/t2-,3-,4-,5-,6?/m0/s1. The van der Waals surface area contributed by atoms with Crippen LogP contribution in [0.4, 0.5) is 13.2 Å². The van der Waals surface area contributed by atoms with Crippen molar-refractivity contribution in [2.75, 3.05) is 6.61 Å². The highest BCUT2D eigenvalue weighted by Crippen LogP contribution is 2.21. The van der Waals surface area contributed by atoms with Crippen molar-refractivity contribution in [3.05, 3.63) is 0 Å². The van der Waals surface area contributed by atoms with E-state index in [1.54, 1.807) is 0 Å². The molecule has 5 atom stereocenters. The maximum absolute atomic E-state index is 12.0. The first-order valence-electron chi connectivity index (χ1n) is 4.86. The van der Waals surface area contributed by atoms with Crippen molar-refractivity contribution >= 4 is 5.91 Å². The summed E-state index contributed by atoms with van der Waals surface area (Å²) in [6.45, 7) is -0.755. The van der Waals surface area contributed by atoms with Gasteiger partial charge in [0.25, 0.3) is 0 Å². The molecule has 1 aliphatic heterocycles. The lowest BCUT2D eigenvalue weighted by Gasteiger charge is -2.40. The van der Waals surface area contributed by atoms with Crippen LogP contribution in [0.2, 0.25) is 0 Å². The van der Waals surface area contributed by atoms with Crippen molar-refractivity contribution in [2.24, 2.45) is 0 Å². The molecule has 0 saturated carbocycles. The van der Waals surface area contributed by atoms with E-state index in [9.17, 15) is 33.3 Å². The Kier molecular flexibility index (Phi) is 4.50. The van der Waals surface area contributed by atoms with Crippen LogP contribution in [0.25, 0.3) is 0 Å². The van der Waals surface area contributed by atoms with Crippen LogP contribution in [0.3, 0.4) is 0 Å². The van der Waals surface area contributed by atoms with Gasteiger partial charge < -0.3 is 30.5 Å². The number of hydrogen-bond donors (Lipinski definition) is 5. The molecule has 18 heavy (non-hydrogen) atoms. The Morgan fingerprint density at radius 2 is 1.78 bits per heavy atom. The zero-order chi connectivity index (χ0) is 14.1. The molecule has 1 rings (SSSR count). The summed E-state index contributed by atoms with van der Waals surface area (Å²) in [5, 5.41) is 38.1. The number of nitrogens with one attached hydrogen (secondary N) is 1. The lowest BCUT2D eigenvalue weighted by atomic mass is 9.97. The van der Waals surface area contributed by atoms with Crippen LogP contribution in [0.5, 0.6) is 0 Å². The highest BCUT2D eigenvalue weighted by atomic mass is 19.4. The molecule has 0 radical (unpaired) electrons. The number of halogens is 3. The summed E-state index contributed by atoms with van der Waals surface area (Å²) in [7, 11) is 0. The molecule has 1 aliphatic rings. The topological polar surface area (TPSA) is 119 Å². The van der Waals surface area contributed by atoms with Crippen molar-refractivity contribution < 1.29 is 43.1 Å². The fourth-order valence-corrected chi connectivity index (χ4v) is 1.49. The van der Waals surface area contributed by atoms with E-state index in [0.717, 1.165) is 0 Å². The van der Waals surface area contributed by atoms with Crippen molar-refractivity contribution in [3.63, 3.8) is 0 Å². The first-order valence-corrected chi connectivity index (χ1v) is 4.86. The van der Waals surface area contributed by atoms with Gasteiger partial charge in [0.15, 0.2) is 6.29 Å². The summed E-state index contributed by atoms with van der Waals surface area (Å²) in [5.74, 6) is -2.39. The van der Waals surface area contributed by atoms with Crippen molar-refractivity contribution in [3.8, 4) is 0 Å². The van der Waals surface area contributed by atoms with E-state index in [0.29, 0.717) is 0 Å². The summed E-state index contributed by atoms with van der Waals surface area (Å²) in [6, 6.07) is -1.85. The smallest absolute Gasteiger partial charge is 0.394 e. The van der Waals surface area contributed by atoms with Gasteiger partial charge in [-0.3, -0.25) is 4.79 Å². The predicted octanol–water partition coefficient (Wildman–Crippen LogP) is -2.54. The number of carbonyl (C=O) groups excluding carboxylic acids is 1. The predicted molar refractivity (Wildman–Crippen MR) is 48.0 cm³/mol. The molecular formula is C8H12F3NO6. The normalized spacial score (nSPS) is 37.4. The van der Waals surface area contributed by atoms with Crippen LogP contribution in [0.1, 0.15) is 0 Å². The third kappa shape index (κ3) is 3.09. The number of aliphatic hydroxyl groups is 4. The number of alkyl halides is 3. The van der Waals surface area contributed by atoms with E-state index in [2.05, 4.69) is 4.74 Å². The van der Waals surface area contributed by atoms with E-state index in [1.165, 1.54) is 5.32 Å². The first-order chi connectivity index (χ1) is 8.18. The van der Waals surface area contributed by atoms with E-state index in [-0.39, 0.29) is 0 Å². The molecule has 106 valence electrons. The molecule has 0 aromatic rings. The average molecular weight is 275 g/mol. The summed E-state index contributed by atoms with van der Waals surface area (Å²) in [5.41, 5.74) is 0. The van der Waals surface area contributed by atoms with Crippen LogP contribution in [-0.2, 0) is 9.53 Å². The molecular weight excluding hydrogens is 263 g/mol. The molecule has 1 fully saturated rings. The fraction of sp³-hybridized carbons (Fsp3) is 0.875. The summed E-state index contributed by atoms with van der Waals surface area (Å²) >= 11 is 0. The van der Waals surface area contributed by atoms with Gasteiger partial charge in [-0.2, -0.15) is 13.2 Å². The molecule has 1 amide bonds. The Hall–Kier alpha value is -0.940. The maximum atomic E-state index is 12.0. The van der Waals surface area contributed by atoms with Gasteiger partial charge in [0.1, 0.15) is 24.4 Å². The SMILES string of the molecule is O=C(N[C@@H]1C(O)O[C@@H](CO)[C@H](O)[C@H]1O)C(F)(F)F. The van der Waals surface area contributed by atoms with Gasteiger partial charge in [-0.15, -0.1) is 0 Å². The molecule has 0 aromatic carbocycles.